The second-order valence-electron chi connectivity index (χ2n) is 9.64. The van der Waals surface area contributed by atoms with Gasteiger partial charge in [0.1, 0.15) is 6.04 Å². The van der Waals surface area contributed by atoms with Gasteiger partial charge in [0.25, 0.3) is 0 Å². The zero-order chi connectivity index (χ0) is 28.1. The number of carboxylic acids is 2. The number of allylic oxidation sites excluding steroid dienone is 6. The summed E-state index contributed by atoms with van der Waals surface area (Å²) in [6, 6.07) is 6.24. The molecule has 39 heavy (non-hydrogen) atoms. The molecule has 2 heterocycles. The van der Waals surface area contributed by atoms with Crippen LogP contribution < -0.4 is 11.1 Å². The van der Waals surface area contributed by atoms with E-state index in [0.29, 0.717) is 17.8 Å². The lowest BCUT2D eigenvalue weighted by Gasteiger charge is -2.32. The highest BCUT2D eigenvalue weighted by Crippen LogP contribution is 2.35. The molecule has 1 aromatic rings. The maximum atomic E-state index is 13.4. The minimum Gasteiger partial charge on any atom is -0.481 e. The predicted octanol–water partition coefficient (Wildman–Crippen LogP) is 1.90. The number of amides is 3. The standard InChI is InChI=1S/C27H29BN4O7/c29-26(38)22(15-25(36)37)30-27(39)20(11-13-24(34)35)28-31-21(14-19-10-12-23(33)32(19)28)18-8-6-17(7-9-18)16-4-2-1-3-5-16/h2,4-9,14,20,22H,1,3,10-13,15H2,(H2,29,38)(H,30,39)(H,34,35)(H,36,37)/t20?,22-/m0/s1. The Morgan fingerprint density at radius 3 is 2.38 bits per heavy atom. The molecule has 2 atom stereocenters. The number of nitrogens with two attached hydrogens (primary N) is 1. The Bertz CT molecular complexity index is 1320. The summed E-state index contributed by atoms with van der Waals surface area (Å²) in [6.07, 6.45) is 9.44. The van der Waals surface area contributed by atoms with Gasteiger partial charge in [0.05, 0.1) is 17.9 Å². The zero-order valence-electron chi connectivity index (χ0n) is 21.2. The Morgan fingerprint density at radius 2 is 1.77 bits per heavy atom. The molecule has 0 saturated carbocycles. The van der Waals surface area contributed by atoms with Gasteiger partial charge < -0.3 is 31.0 Å². The van der Waals surface area contributed by atoms with E-state index in [-0.39, 0.29) is 18.7 Å². The van der Waals surface area contributed by atoms with E-state index < -0.39 is 55.4 Å². The monoisotopic (exact) mass is 532 g/mol. The van der Waals surface area contributed by atoms with Crippen LogP contribution in [0.1, 0.15) is 56.1 Å². The molecule has 11 nitrogen and oxygen atoms in total. The highest BCUT2D eigenvalue weighted by Gasteiger charge is 2.46. The van der Waals surface area contributed by atoms with Gasteiger partial charge in [0, 0.05) is 18.5 Å². The van der Waals surface area contributed by atoms with Gasteiger partial charge in [-0.05, 0) is 48.5 Å². The fourth-order valence-electron chi connectivity index (χ4n) is 4.95. The van der Waals surface area contributed by atoms with Gasteiger partial charge in [-0.1, -0.05) is 42.5 Å². The van der Waals surface area contributed by atoms with Gasteiger partial charge in [-0.2, -0.15) is 0 Å². The third-order valence-corrected chi connectivity index (χ3v) is 6.93. The summed E-state index contributed by atoms with van der Waals surface area (Å²) in [5, 5.41) is 20.8. The van der Waals surface area contributed by atoms with Crippen LogP contribution in [0.15, 0.2) is 59.2 Å². The van der Waals surface area contributed by atoms with Crippen molar-refractivity contribution >= 4 is 47.9 Å². The van der Waals surface area contributed by atoms with Crippen LogP contribution >= 0.6 is 0 Å². The molecule has 12 heteroatoms. The summed E-state index contributed by atoms with van der Waals surface area (Å²) in [5.74, 6) is -5.78. The molecular weight excluding hydrogens is 503 g/mol. The first-order valence-electron chi connectivity index (χ1n) is 12.7. The van der Waals surface area contributed by atoms with E-state index in [9.17, 15) is 29.1 Å². The van der Waals surface area contributed by atoms with Crippen molar-refractivity contribution in [3.8, 4) is 0 Å². The molecular formula is C27H29BN4O7. The highest BCUT2D eigenvalue weighted by atomic mass is 16.4. The first-order chi connectivity index (χ1) is 18.6. The largest absolute Gasteiger partial charge is 0.481 e. The number of carboxylic acid groups (broad SMARTS) is 2. The van der Waals surface area contributed by atoms with Gasteiger partial charge in [-0.3, -0.25) is 24.0 Å². The van der Waals surface area contributed by atoms with Crippen LogP contribution in [-0.4, -0.2) is 63.4 Å². The summed E-state index contributed by atoms with van der Waals surface area (Å²) in [7, 11) is 0. The number of rotatable bonds is 11. The summed E-state index contributed by atoms with van der Waals surface area (Å²) < 4.78 is 0. The highest BCUT2D eigenvalue weighted by molar-refractivity contribution is 6.66. The van der Waals surface area contributed by atoms with Crippen molar-refractivity contribution in [1.82, 2.24) is 10.1 Å². The maximum absolute atomic E-state index is 13.4. The smallest absolute Gasteiger partial charge is 0.414 e. The molecule has 1 fully saturated rings. The maximum Gasteiger partial charge on any atom is 0.414 e. The van der Waals surface area contributed by atoms with Crippen LogP contribution in [-0.2, 0) is 24.0 Å². The number of carbonyl (C=O) groups excluding carboxylic acids is 3. The van der Waals surface area contributed by atoms with Crippen molar-refractivity contribution in [1.29, 1.82) is 0 Å². The summed E-state index contributed by atoms with van der Waals surface area (Å²) in [6.45, 7) is -1.07. The normalized spacial score (nSPS) is 17.9. The van der Waals surface area contributed by atoms with Crippen LogP contribution in [0.4, 0.5) is 0 Å². The Morgan fingerprint density at radius 1 is 1.05 bits per heavy atom. The van der Waals surface area contributed by atoms with E-state index in [2.05, 4.69) is 23.5 Å². The lowest BCUT2D eigenvalue weighted by Crippen LogP contribution is -2.52. The van der Waals surface area contributed by atoms with E-state index in [4.69, 9.17) is 15.7 Å². The van der Waals surface area contributed by atoms with E-state index in [0.717, 1.165) is 29.5 Å². The Labute approximate surface area is 225 Å². The van der Waals surface area contributed by atoms with Crippen LogP contribution in [0.2, 0.25) is 5.82 Å². The average molecular weight is 532 g/mol. The van der Waals surface area contributed by atoms with E-state index >= 15 is 0 Å². The van der Waals surface area contributed by atoms with Crippen LogP contribution in [0.3, 0.4) is 0 Å². The van der Waals surface area contributed by atoms with E-state index in [1.807, 2.05) is 24.3 Å². The number of hydrogen-bond donors (Lipinski definition) is 4. The Balaban J connectivity index is 1.68. The van der Waals surface area contributed by atoms with Gasteiger partial charge in [0.15, 0.2) is 0 Å². The molecule has 1 saturated heterocycles. The lowest BCUT2D eigenvalue weighted by atomic mass is 9.57. The van der Waals surface area contributed by atoms with Crippen molar-refractivity contribution in [2.45, 2.75) is 56.8 Å². The minimum absolute atomic E-state index is 0.197. The number of aliphatic carboxylic acids is 2. The summed E-state index contributed by atoms with van der Waals surface area (Å²) in [4.78, 5) is 66.7. The lowest BCUT2D eigenvalue weighted by molar-refractivity contribution is -0.140. The van der Waals surface area contributed by atoms with Crippen LogP contribution in [0.5, 0.6) is 0 Å². The van der Waals surface area contributed by atoms with Gasteiger partial charge in [-0.15, -0.1) is 0 Å². The molecule has 0 aromatic heterocycles. The molecule has 2 aliphatic heterocycles. The molecule has 0 bridgehead atoms. The number of nitrogens with zero attached hydrogens (tertiary/aromatic N) is 2. The minimum atomic E-state index is -1.51. The Kier molecular flexibility index (Phi) is 8.43. The third-order valence-electron chi connectivity index (χ3n) is 6.93. The molecule has 1 aliphatic carbocycles. The number of benzene rings is 1. The van der Waals surface area contributed by atoms with Crippen LogP contribution in [0.25, 0.3) is 5.57 Å². The fraction of sp³-hybridized carbons (Fsp3) is 0.333. The second kappa shape index (κ2) is 11.9. The quantitative estimate of drug-likeness (QED) is 0.314. The number of hydrogen-bond acceptors (Lipinski definition) is 6. The molecule has 1 aromatic carbocycles. The molecule has 0 spiro atoms. The number of primary amides is 1. The second-order valence-corrected chi connectivity index (χ2v) is 9.64. The SMILES string of the molecule is NC(=O)[C@H](CC(=O)O)NC(=O)C(CCC(=O)O)B1N=C(c2ccc(C3=CCCC=C3)cc2)C=C2CCC(=O)N12. The van der Waals surface area contributed by atoms with Crippen LogP contribution in [0, 0.1) is 0 Å². The van der Waals surface area contributed by atoms with Crippen molar-refractivity contribution in [3.05, 3.63) is 65.4 Å². The molecule has 3 amide bonds. The Hall–Kier alpha value is -4.48. The first-order valence-corrected chi connectivity index (χ1v) is 12.7. The van der Waals surface area contributed by atoms with Gasteiger partial charge in [-0.25, -0.2) is 0 Å². The number of nitrogens with one attached hydrogen (secondary N) is 1. The van der Waals surface area contributed by atoms with E-state index in [1.165, 1.54) is 4.81 Å². The topological polar surface area (TPSA) is 179 Å². The third kappa shape index (κ3) is 6.51. The first kappa shape index (κ1) is 27.6. The molecule has 4 rings (SSSR count). The van der Waals surface area contributed by atoms with E-state index in [1.54, 1.807) is 6.08 Å². The van der Waals surface area contributed by atoms with Crippen molar-refractivity contribution in [3.63, 3.8) is 0 Å². The molecule has 1 unspecified atom stereocenters. The molecule has 0 radical (unpaired) electrons. The average Bonchev–Trinajstić information content (AvgIpc) is 3.29. The number of carbonyl (C=O) groups is 5. The molecule has 202 valence electrons. The summed E-state index contributed by atoms with van der Waals surface area (Å²) in [5.41, 5.74) is 9.40. The zero-order valence-corrected chi connectivity index (χ0v) is 21.2. The van der Waals surface area contributed by atoms with Gasteiger partial charge >= 0.3 is 18.9 Å². The van der Waals surface area contributed by atoms with Crippen molar-refractivity contribution < 1.29 is 34.2 Å². The predicted molar refractivity (Wildman–Crippen MR) is 143 cm³/mol. The molecule has 5 N–H and O–H groups in total. The van der Waals surface area contributed by atoms with Crippen molar-refractivity contribution in [2.75, 3.05) is 0 Å². The van der Waals surface area contributed by atoms with Crippen molar-refractivity contribution in [2.24, 2.45) is 10.6 Å². The number of fused-ring (bicyclic) bond motifs is 1. The summed E-state index contributed by atoms with van der Waals surface area (Å²) >= 11 is 0. The molecule has 3 aliphatic rings. The fourth-order valence-corrected chi connectivity index (χ4v) is 4.95. The van der Waals surface area contributed by atoms with Gasteiger partial charge in [0.2, 0.25) is 17.7 Å².